The Labute approximate surface area is 156 Å². The van der Waals surface area contributed by atoms with Crippen molar-refractivity contribution in [3.8, 4) is 0 Å². The summed E-state index contributed by atoms with van der Waals surface area (Å²) in [6.07, 6.45) is 1.40. The molecule has 0 aliphatic rings. The lowest BCUT2D eigenvalue weighted by molar-refractivity contribution is 0.0950. The van der Waals surface area contributed by atoms with Gasteiger partial charge in [-0.05, 0) is 48.9 Å². The molecule has 136 valence electrons. The average molecular weight is 363 g/mol. The molecule has 2 amide bonds. The predicted octanol–water partition coefficient (Wildman–Crippen LogP) is 3.71. The van der Waals surface area contributed by atoms with E-state index >= 15 is 0 Å². The van der Waals surface area contributed by atoms with E-state index in [1.54, 1.807) is 6.07 Å². The second kappa shape index (κ2) is 8.23. The molecule has 1 heterocycles. The van der Waals surface area contributed by atoms with E-state index in [0.29, 0.717) is 17.8 Å². The van der Waals surface area contributed by atoms with Crippen molar-refractivity contribution < 1.29 is 14.0 Å². The molecule has 0 radical (unpaired) electrons. The van der Waals surface area contributed by atoms with Crippen LogP contribution >= 0.6 is 0 Å². The number of aryl methyl sites for hydroxylation is 1. The number of halogens is 1. The largest absolute Gasteiger partial charge is 0.348 e. The molecule has 0 fully saturated rings. The molecule has 0 saturated heterocycles. The van der Waals surface area contributed by atoms with Gasteiger partial charge in [0.05, 0.1) is 0 Å². The topological polar surface area (TPSA) is 71.1 Å². The maximum absolute atomic E-state index is 12.9. The van der Waals surface area contributed by atoms with Gasteiger partial charge in [-0.1, -0.05) is 29.8 Å². The summed E-state index contributed by atoms with van der Waals surface area (Å²) in [7, 11) is 0. The third kappa shape index (κ3) is 4.98. The van der Waals surface area contributed by atoms with Crippen molar-refractivity contribution >= 4 is 17.5 Å². The Morgan fingerprint density at radius 1 is 1.00 bits per heavy atom. The molecule has 0 spiro atoms. The van der Waals surface area contributed by atoms with E-state index in [4.69, 9.17) is 0 Å². The van der Waals surface area contributed by atoms with E-state index in [-0.39, 0.29) is 11.6 Å². The molecule has 0 atom stereocenters. The molecule has 0 aliphatic carbocycles. The van der Waals surface area contributed by atoms with Crippen LogP contribution in [0.1, 0.15) is 32.0 Å². The summed E-state index contributed by atoms with van der Waals surface area (Å²) in [6.45, 7) is 2.38. The molecule has 0 bridgehead atoms. The molecule has 27 heavy (non-hydrogen) atoms. The number of amides is 2. The van der Waals surface area contributed by atoms with Crippen LogP contribution in [0.2, 0.25) is 0 Å². The van der Waals surface area contributed by atoms with Gasteiger partial charge in [0, 0.05) is 24.0 Å². The Balaban J connectivity index is 1.66. The van der Waals surface area contributed by atoms with Crippen molar-refractivity contribution in [2.45, 2.75) is 13.5 Å². The molecule has 0 unspecified atom stereocenters. The lowest BCUT2D eigenvalue weighted by Gasteiger charge is -2.08. The summed E-state index contributed by atoms with van der Waals surface area (Å²) in [6, 6.07) is 16.2. The number of hydrogen-bond donors (Lipinski definition) is 2. The minimum Gasteiger partial charge on any atom is -0.348 e. The fraction of sp³-hybridized carbons (Fsp3) is 0.0952. The molecule has 5 nitrogen and oxygen atoms in total. The fourth-order valence-corrected chi connectivity index (χ4v) is 2.53. The van der Waals surface area contributed by atoms with Crippen LogP contribution in [-0.2, 0) is 6.54 Å². The van der Waals surface area contributed by atoms with E-state index in [1.165, 1.54) is 36.5 Å². The van der Waals surface area contributed by atoms with Crippen LogP contribution in [0.5, 0.6) is 0 Å². The number of aromatic nitrogens is 1. The Kier molecular flexibility index (Phi) is 5.56. The SMILES string of the molecule is Cc1cccc(CNC(=O)c2ccnc(C(=O)Nc3ccc(F)cc3)c2)c1. The zero-order valence-electron chi connectivity index (χ0n) is 14.7. The molecule has 6 heteroatoms. The molecular formula is C21H18FN3O2. The number of nitrogens with zero attached hydrogens (tertiary/aromatic N) is 1. The van der Waals surface area contributed by atoms with Crippen molar-refractivity contribution in [1.29, 1.82) is 0 Å². The molecule has 2 aromatic carbocycles. The van der Waals surface area contributed by atoms with Gasteiger partial charge in [-0.3, -0.25) is 14.6 Å². The number of hydrogen-bond acceptors (Lipinski definition) is 3. The zero-order chi connectivity index (χ0) is 19.2. The minimum atomic E-state index is -0.477. The third-order valence-corrected chi connectivity index (χ3v) is 3.89. The van der Waals surface area contributed by atoms with Crippen molar-refractivity contribution in [1.82, 2.24) is 10.3 Å². The summed E-state index contributed by atoms with van der Waals surface area (Å²) in [5.74, 6) is -1.16. The van der Waals surface area contributed by atoms with Crippen molar-refractivity contribution in [3.63, 3.8) is 0 Å². The summed E-state index contributed by atoms with van der Waals surface area (Å²) < 4.78 is 12.9. The number of nitrogens with one attached hydrogen (secondary N) is 2. The van der Waals surface area contributed by atoms with Crippen LogP contribution in [0.4, 0.5) is 10.1 Å². The van der Waals surface area contributed by atoms with E-state index < -0.39 is 11.7 Å². The van der Waals surface area contributed by atoms with Gasteiger partial charge in [0.15, 0.2) is 0 Å². The van der Waals surface area contributed by atoms with Crippen LogP contribution in [0.25, 0.3) is 0 Å². The molecule has 2 N–H and O–H groups in total. The number of pyridine rings is 1. The molecule has 3 aromatic rings. The lowest BCUT2D eigenvalue weighted by atomic mass is 10.1. The first-order valence-corrected chi connectivity index (χ1v) is 8.38. The monoisotopic (exact) mass is 363 g/mol. The fourth-order valence-electron chi connectivity index (χ4n) is 2.53. The van der Waals surface area contributed by atoms with Gasteiger partial charge in [0.2, 0.25) is 0 Å². The highest BCUT2D eigenvalue weighted by molar-refractivity contribution is 6.04. The van der Waals surface area contributed by atoms with Crippen molar-refractivity contribution in [2.75, 3.05) is 5.32 Å². The summed E-state index contributed by atoms with van der Waals surface area (Å²) in [5, 5.41) is 5.44. The van der Waals surface area contributed by atoms with Crippen LogP contribution in [0.3, 0.4) is 0 Å². The van der Waals surface area contributed by atoms with Crippen molar-refractivity contribution in [3.05, 3.63) is 95.1 Å². The molecule has 3 rings (SSSR count). The minimum absolute atomic E-state index is 0.0996. The number of rotatable bonds is 5. The van der Waals surface area contributed by atoms with E-state index in [1.807, 2.05) is 31.2 Å². The number of anilines is 1. The van der Waals surface area contributed by atoms with Crippen LogP contribution in [0.15, 0.2) is 66.9 Å². The van der Waals surface area contributed by atoms with Crippen molar-refractivity contribution in [2.24, 2.45) is 0 Å². The quantitative estimate of drug-likeness (QED) is 0.726. The Bertz CT molecular complexity index is 971. The first-order valence-electron chi connectivity index (χ1n) is 8.38. The van der Waals surface area contributed by atoms with E-state index in [9.17, 15) is 14.0 Å². The number of benzene rings is 2. The Morgan fingerprint density at radius 2 is 1.78 bits per heavy atom. The van der Waals surface area contributed by atoms with Gasteiger partial charge >= 0.3 is 0 Å². The summed E-state index contributed by atoms with van der Waals surface area (Å²) in [4.78, 5) is 28.7. The summed E-state index contributed by atoms with van der Waals surface area (Å²) >= 11 is 0. The van der Waals surface area contributed by atoms with E-state index in [2.05, 4.69) is 15.6 Å². The van der Waals surface area contributed by atoms with Gasteiger partial charge in [-0.15, -0.1) is 0 Å². The highest BCUT2D eigenvalue weighted by Crippen LogP contribution is 2.11. The third-order valence-electron chi connectivity index (χ3n) is 3.89. The smallest absolute Gasteiger partial charge is 0.274 e. The molecule has 0 saturated carbocycles. The normalized spacial score (nSPS) is 10.3. The van der Waals surface area contributed by atoms with Gasteiger partial charge in [-0.2, -0.15) is 0 Å². The molecule has 0 aliphatic heterocycles. The first-order chi connectivity index (χ1) is 13.0. The van der Waals surface area contributed by atoms with Gasteiger partial charge in [-0.25, -0.2) is 4.39 Å². The van der Waals surface area contributed by atoms with Crippen LogP contribution < -0.4 is 10.6 Å². The second-order valence-electron chi connectivity index (χ2n) is 6.06. The van der Waals surface area contributed by atoms with Gasteiger partial charge < -0.3 is 10.6 Å². The average Bonchev–Trinajstić information content (AvgIpc) is 2.68. The first kappa shape index (κ1) is 18.3. The van der Waals surface area contributed by atoms with E-state index in [0.717, 1.165) is 11.1 Å². The zero-order valence-corrected chi connectivity index (χ0v) is 14.7. The maximum atomic E-state index is 12.9. The summed E-state index contributed by atoms with van der Waals surface area (Å²) in [5.41, 5.74) is 2.99. The second-order valence-corrected chi connectivity index (χ2v) is 6.06. The Morgan fingerprint density at radius 3 is 2.52 bits per heavy atom. The highest BCUT2D eigenvalue weighted by atomic mass is 19.1. The van der Waals surface area contributed by atoms with Gasteiger partial charge in [0.25, 0.3) is 11.8 Å². The number of carbonyl (C=O) groups is 2. The molecular weight excluding hydrogens is 345 g/mol. The highest BCUT2D eigenvalue weighted by Gasteiger charge is 2.12. The maximum Gasteiger partial charge on any atom is 0.274 e. The lowest BCUT2D eigenvalue weighted by Crippen LogP contribution is -2.23. The van der Waals surface area contributed by atoms with Crippen LogP contribution in [-0.4, -0.2) is 16.8 Å². The molecule has 1 aromatic heterocycles. The predicted molar refractivity (Wildman–Crippen MR) is 101 cm³/mol. The van der Waals surface area contributed by atoms with Gasteiger partial charge in [0.1, 0.15) is 11.5 Å². The standard InChI is InChI=1S/C21H18FN3O2/c1-14-3-2-4-15(11-14)13-24-20(26)16-9-10-23-19(12-16)21(27)25-18-7-5-17(22)6-8-18/h2-12H,13H2,1H3,(H,24,26)(H,25,27). The van der Waals surface area contributed by atoms with Crippen LogP contribution in [0, 0.1) is 12.7 Å². The number of carbonyl (C=O) groups excluding carboxylic acids is 2. The Hall–Kier alpha value is -3.54.